The molecule has 0 saturated heterocycles. The first-order valence-corrected chi connectivity index (χ1v) is 10.5. The Morgan fingerprint density at radius 3 is 2.53 bits per heavy atom. The van der Waals surface area contributed by atoms with Crippen LogP contribution in [0.5, 0.6) is 5.75 Å². The van der Waals surface area contributed by atoms with Crippen LogP contribution in [-0.2, 0) is 0 Å². The summed E-state index contributed by atoms with van der Waals surface area (Å²) in [6.45, 7) is 0. The summed E-state index contributed by atoms with van der Waals surface area (Å²) < 4.78 is 6.54. The number of fused-ring (bicyclic) bond motifs is 4. The zero-order valence-electron chi connectivity index (χ0n) is 16.2. The molecule has 6 rings (SSSR count). The van der Waals surface area contributed by atoms with Crippen molar-refractivity contribution >= 4 is 28.1 Å². The summed E-state index contributed by atoms with van der Waals surface area (Å²) in [6.07, 6.45) is 0.526. The molecule has 0 aliphatic carbocycles. The Balaban J connectivity index is 1.53. The number of halogens is 1. The summed E-state index contributed by atoms with van der Waals surface area (Å²) in [4.78, 5) is 0. The van der Waals surface area contributed by atoms with Crippen LogP contribution in [0, 0.1) is 0 Å². The summed E-state index contributed by atoms with van der Waals surface area (Å²) in [6, 6.07) is 31.1. The SMILES string of the molecule is Clc1ccc2c(c1)[C@@H]1CC(c3ccccc3)=NN1[C@@H](c1cccc3ccccc13)O2. The van der Waals surface area contributed by atoms with E-state index in [1.165, 1.54) is 10.8 Å². The van der Waals surface area contributed by atoms with Crippen molar-refractivity contribution in [2.24, 2.45) is 5.10 Å². The maximum atomic E-state index is 6.54. The average molecular weight is 411 g/mol. The molecule has 0 fully saturated rings. The van der Waals surface area contributed by atoms with Crippen molar-refractivity contribution in [2.75, 3.05) is 0 Å². The maximum Gasteiger partial charge on any atom is 0.214 e. The Hall–Kier alpha value is -3.30. The van der Waals surface area contributed by atoms with Crippen molar-refractivity contribution in [2.45, 2.75) is 18.7 Å². The molecular weight excluding hydrogens is 392 g/mol. The lowest BCUT2D eigenvalue weighted by Gasteiger charge is -2.38. The van der Waals surface area contributed by atoms with Crippen molar-refractivity contribution in [1.29, 1.82) is 0 Å². The van der Waals surface area contributed by atoms with Gasteiger partial charge in [0.25, 0.3) is 0 Å². The fourth-order valence-corrected chi connectivity index (χ4v) is 4.71. The van der Waals surface area contributed by atoms with Gasteiger partial charge in [0, 0.05) is 22.6 Å². The van der Waals surface area contributed by atoms with Crippen LogP contribution in [0.2, 0.25) is 5.02 Å². The van der Waals surface area contributed by atoms with Crippen molar-refractivity contribution in [3.8, 4) is 5.75 Å². The summed E-state index contributed by atoms with van der Waals surface area (Å²) in [5, 5.41) is 10.3. The van der Waals surface area contributed by atoms with Crippen molar-refractivity contribution in [3.63, 3.8) is 0 Å². The van der Waals surface area contributed by atoms with Gasteiger partial charge in [0.15, 0.2) is 0 Å². The van der Waals surface area contributed by atoms with E-state index in [1.807, 2.05) is 24.3 Å². The third-order valence-electron chi connectivity index (χ3n) is 5.95. The van der Waals surface area contributed by atoms with Gasteiger partial charge in [-0.3, -0.25) is 0 Å². The lowest BCUT2D eigenvalue weighted by atomic mass is 9.95. The van der Waals surface area contributed by atoms with Crippen LogP contribution in [0.25, 0.3) is 10.8 Å². The number of hydrazone groups is 1. The van der Waals surface area contributed by atoms with Crippen LogP contribution in [0.4, 0.5) is 0 Å². The monoisotopic (exact) mass is 410 g/mol. The second-order valence-electron chi connectivity index (χ2n) is 7.73. The molecule has 30 heavy (non-hydrogen) atoms. The van der Waals surface area contributed by atoms with Crippen LogP contribution < -0.4 is 4.74 Å². The molecule has 0 amide bonds. The number of nitrogens with zero attached hydrogens (tertiary/aromatic N) is 2. The molecule has 0 bridgehead atoms. The fourth-order valence-electron chi connectivity index (χ4n) is 4.53. The van der Waals surface area contributed by atoms with E-state index in [1.54, 1.807) is 0 Å². The molecule has 4 heteroatoms. The Labute approximate surface area is 180 Å². The molecule has 0 unspecified atom stereocenters. The first-order chi connectivity index (χ1) is 14.8. The van der Waals surface area contributed by atoms with E-state index < -0.39 is 0 Å². The minimum atomic E-state index is -0.295. The minimum absolute atomic E-state index is 0.0895. The molecule has 2 aliphatic rings. The van der Waals surface area contributed by atoms with E-state index >= 15 is 0 Å². The quantitative estimate of drug-likeness (QED) is 0.365. The summed E-state index contributed by atoms with van der Waals surface area (Å²) in [5.41, 5.74) is 4.43. The highest BCUT2D eigenvalue weighted by atomic mass is 35.5. The van der Waals surface area contributed by atoms with Crippen LogP contribution in [0.3, 0.4) is 0 Å². The molecule has 2 heterocycles. The Bertz CT molecular complexity index is 1280. The Kier molecular flexibility index (Phi) is 4.03. The number of ether oxygens (including phenoxy) is 1. The first kappa shape index (κ1) is 17.5. The first-order valence-electron chi connectivity index (χ1n) is 10.1. The second-order valence-corrected chi connectivity index (χ2v) is 8.17. The fraction of sp³-hybridized carbons (Fsp3) is 0.115. The molecular formula is C26H19ClN2O. The van der Waals surface area contributed by atoms with E-state index in [2.05, 4.69) is 71.7 Å². The lowest BCUT2D eigenvalue weighted by Crippen LogP contribution is -2.33. The van der Waals surface area contributed by atoms with Gasteiger partial charge in [0.1, 0.15) is 5.75 Å². The maximum absolute atomic E-state index is 6.54. The summed E-state index contributed by atoms with van der Waals surface area (Å²) >= 11 is 6.34. The van der Waals surface area contributed by atoms with E-state index in [0.29, 0.717) is 5.02 Å². The largest absolute Gasteiger partial charge is 0.464 e. The van der Waals surface area contributed by atoms with E-state index in [-0.39, 0.29) is 12.3 Å². The molecule has 4 aromatic rings. The van der Waals surface area contributed by atoms with Gasteiger partial charge >= 0.3 is 0 Å². The van der Waals surface area contributed by atoms with E-state index in [0.717, 1.165) is 34.6 Å². The molecule has 0 radical (unpaired) electrons. The third-order valence-corrected chi connectivity index (χ3v) is 6.18. The van der Waals surface area contributed by atoms with Crippen molar-refractivity contribution < 1.29 is 4.74 Å². The molecule has 0 spiro atoms. The molecule has 4 aromatic carbocycles. The molecule has 0 N–H and O–H groups in total. The predicted molar refractivity (Wildman–Crippen MR) is 121 cm³/mol. The highest BCUT2D eigenvalue weighted by Gasteiger charge is 2.41. The van der Waals surface area contributed by atoms with Crippen molar-refractivity contribution in [3.05, 3.63) is 113 Å². The second kappa shape index (κ2) is 6.89. The molecule has 3 nitrogen and oxygen atoms in total. The average Bonchev–Trinajstić information content (AvgIpc) is 3.25. The lowest BCUT2D eigenvalue weighted by molar-refractivity contribution is -0.0180. The molecule has 0 saturated carbocycles. The zero-order valence-corrected chi connectivity index (χ0v) is 17.0. The van der Waals surface area contributed by atoms with Gasteiger partial charge in [-0.25, -0.2) is 5.01 Å². The summed E-state index contributed by atoms with van der Waals surface area (Å²) in [5.74, 6) is 0.878. The highest BCUT2D eigenvalue weighted by Crippen LogP contribution is 2.49. The van der Waals surface area contributed by atoms with Crippen LogP contribution in [0.15, 0.2) is 96.1 Å². The van der Waals surface area contributed by atoms with E-state index in [4.69, 9.17) is 21.4 Å². The van der Waals surface area contributed by atoms with Gasteiger partial charge in [-0.15, -0.1) is 0 Å². The number of hydrogen-bond acceptors (Lipinski definition) is 3. The van der Waals surface area contributed by atoms with Gasteiger partial charge in [-0.05, 0) is 34.5 Å². The van der Waals surface area contributed by atoms with Crippen molar-refractivity contribution in [1.82, 2.24) is 5.01 Å². The van der Waals surface area contributed by atoms with Gasteiger partial charge in [0.2, 0.25) is 6.23 Å². The molecule has 146 valence electrons. The standard InChI is InChI=1S/C26H19ClN2O/c27-19-13-14-25-22(15-19)24-16-23(18-8-2-1-3-9-18)28-29(24)26(30-25)21-12-6-10-17-7-4-5-11-20(17)21/h1-15,24,26H,16H2/t24-,26+/m0/s1. The van der Waals surface area contributed by atoms with Crippen LogP contribution in [-0.4, -0.2) is 10.7 Å². The van der Waals surface area contributed by atoms with Crippen LogP contribution in [0.1, 0.15) is 35.4 Å². The molecule has 2 atom stereocenters. The predicted octanol–water partition coefficient (Wildman–Crippen LogP) is 6.74. The zero-order chi connectivity index (χ0) is 20.1. The number of benzene rings is 4. The van der Waals surface area contributed by atoms with Crippen LogP contribution >= 0.6 is 11.6 Å². The minimum Gasteiger partial charge on any atom is -0.464 e. The highest BCUT2D eigenvalue weighted by molar-refractivity contribution is 6.30. The smallest absolute Gasteiger partial charge is 0.214 e. The van der Waals surface area contributed by atoms with Gasteiger partial charge < -0.3 is 4.74 Å². The topological polar surface area (TPSA) is 24.8 Å². The summed E-state index contributed by atoms with van der Waals surface area (Å²) in [7, 11) is 0. The van der Waals surface area contributed by atoms with Gasteiger partial charge in [-0.2, -0.15) is 5.10 Å². The number of hydrogen-bond donors (Lipinski definition) is 0. The Morgan fingerprint density at radius 1 is 0.833 bits per heavy atom. The normalized spacial score (nSPS) is 19.8. The molecule has 2 aliphatic heterocycles. The van der Waals surface area contributed by atoms with Gasteiger partial charge in [-0.1, -0.05) is 84.4 Å². The van der Waals surface area contributed by atoms with E-state index in [9.17, 15) is 0 Å². The molecule has 0 aromatic heterocycles. The Morgan fingerprint density at radius 2 is 1.63 bits per heavy atom. The number of rotatable bonds is 2. The third kappa shape index (κ3) is 2.78. The van der Waals surface area contributed by atoms with Gasteiger partial charge in [0.05, 0.1) is 11.8 Å².